The minimum atomic E-state index is -3.62. The van der Waals surface area contributed by atoms with Gasteiger partial charge in [-0.2, -0.15) is 0 Å². The summed E-state index contributed by atoms with van der Waals surface area (Å²) < 4.78 is 28.0. The van der Waals surface area contributed by atoms with E-state index >= 15 is 0 Å². The molecule has 1 aromatic rings. The molecule has 112 valence electrons. The van der Waals surface area contributed by atoms with E-state index in [1.807, 2.05) is 6.07 Å². The van der Waals surface area contributed by atoms with Gasteiger partial charge in [-0.3, -0.25) is 0 Å². The van der Waals surface area contributed by atoms with Crippen molar-refractivity contribution in [1.29, 1.82) is 0 Å². The monoisotopic (exact) mass is 298 g/mol. The summed E-state index contributed by atoms with van der Waals surface area (Å²) in [6.45, 7) is 0.658. The predicted octanol–water partition coefficient (Wildman–Crippen LogP) is 1.38. The maximum absolute atomic E-state index is 11.3. The Balaban J connectivity index is 1.89. The van der Waals surface area contributed by atoms with Crippen LogP contribution in [0.25, 0.3) is 0 Å². The lowest BCUT2D eigenvalue weighted by Crippen LogP contribution is -2.34. The number of primary sulfonamides is 1. The molecule has 3 N–H and O–H groups in total. The number of sulfonamides is 1. The summed E-state index contributed by atoms with van der Waals surface area (Å²) >= 11 is 0. The SMILES string of the molecule is COC1CCC(NCc2cccc(S(N)(=O)=O)c2)CC1. The highest BCUT2D eigenvalue weighted by Crippen LogP contribution is 2.21. The van der Waals surface area contributed by atoms with Crippen LogP contribution in [0, 0.1) is 0 Å². The molecule has 5 nitrogen and oxygen atoms in total. The Morgan fingerprint density at radius 3 is 2.60 bits per heavy atom. The molecule has 2 rings (SSSR count). The molecule has 0 saturated heterocycles. The molecule has 0 bridgehead atoms. The fraction of sp³-hybridized carbons (Fsp3) is 0.571. The number of hydrogen-bond donors (Lipinski definition) is 2. The van der Waals surface area contributed by atoms with Crippen LogP contribution in [0.1, 0.15) is 31.2 Å². The minimum Gasteiger partial charge on any atom is -0.381 e. The summed E-state index contributed by atoms with van der Waals surface area (Å²) in [5.74, 6) is 0. The van der Waals surface area contributed by atoms with Gasteiger partial charge >= 0.3 is 0 Å². The number of methoxy groups -OCH3 is 1. The van der Waals surface area contributed by atoms with Crippen LogP contribution in [-0.4, -0.2) is 27.7 Å². The number of hydrogen-bond acceptors (Lipinski definition) is 4. The van der Waals surface area contributed by atoms with Gasteiger partial charge < -0.3 is 10.1 Å². The van der Waals surface area contributed by atoms with Crippen LogP contribution in [0.15, 0.2) is 29.2 Å². The fourth-order valence-electron chi connectivity index (χ4n) is 2.60. The zero-order chi connectivity index (χ0) is 14.6. The third-order valence-corrected chi connectivity index (χ3v) is 4.74. The van der Waals surface area contributed by atoms with Gasteiger partial charge in [-0.15, -0.1) is 0 Å². The van der Waals surface area contributed by atoms with E-state index in [0.29, 0.717) is 18.7 Å². The van der Waals surface area contributed by atoms with E-state index in [1.54, 1.807) is 19.2 Å². The van der Waals surface area contributed by atoms with Crippen LogP contribution >= 0.6 is 0 Å². The van der Waals surface area contributed by atoms with E-state index in [9.17, 15) is 8.42 Å². The maximum Gasteiger partial charge on any atom is 0.238 e. The first-order chi connectivity index (χ1) is 9.49. The van der Waals surface area contributed by atoms with Gasteiger partial charge in [-0.1, -0.05) is 12.1 Å². The molecule has 0 unspecified atom stereocenters. The molecule has 1 saturated carbocycles. The lowest BCUT2D eigenvalue weighted by Gasteiger charge is -2.28. The highest BCUT2D eigenvalue weighted by molar-refractivity contribution is 7.89. The molecule has 0 radical (unpaired) electrons. The highest BCUT2D eigenvalue weighted by Gasteiger charge is 2.20. The zero-order valence-corrected chi connectivity index (χ0v) is 12.5. The Morgan fingerprint density at radius 1 is 1.30 bits per heavy atom. The second kappa shape index (κ2) is 6.67. The standard InChI is InChI=1S/C14H22N2O3S/c1-19-13-7-5-12(6-8-13)16-10-11-3-2-4-14(9-11)20(15,17)18/h2-4,9,12-13,16H,5-8,10H2,1H3,(H2,15,17,18). The van der Waals surface area contributed by atoms with Gasteiger partial charge in [0.15, 0.2) is 0 Å². The van der Waals surface area contributed by atoms with Crippen molar-refractivity contribution in [3.8, 4) is 0 Å². The number of benzene rings is 1. The summed E-state index contributed by atoms with van der Waals surface area (Å²) in [4.78, 5) is 0.167. The predicted molar refractivity (Wildman–Crippen MR) is 77.7 cm³/mol. The Kier molecular flexibility index (Phi) is 5.15. The fourth-order valence-corrected chi connectivity index (χ4v) is 3.18. The van der Waals surface area contributed by atoms with Crippen molar-refractivity contribution < 1.29 is 13.2 Å². The number of nitrogens with one attached hydrogen (secondary N) is 1. The second-order valence-corrected chi connectivity index (χ2v) is 6.84. The van der Waals surface area contributed by atoms with Gasteiger partial charge in [0.25, 0.3) is 0 Å². The van der Waals surface area contributed by atoms with Crippen molar-refractivity contribution in [3.63, 3.8) is 0 Å². The molecular formula is C14H22N2O3S. The van der Waals surface area contributed by atoms with Crippen LogP contribution in [-0.2, 0) is 21.3 Å². The van der Waals surface area contributed by atoms with Crippen molar-refractivity contribution in [2.75, 3.05) is 7.11 Å². The van der Waals surface area contributed by atoms with E-state index in [4.69, 9.17) is 9.88 Å². The molecule has 20 heavy (non-hydrogen) atoms. The van der Waals surface area contributed by atoms with E-state index in [2.05, 4.69) is 5.32 Å². The van der Waals surface area contributed by atoms with Crippen molar-refractivity contribution >= 4 is 10.0 Å². The van der Waals surface area contributed by atoms with Crippen molar-refractivity contribution in [3.05, 3.63) is 29.8 Å². The van der Waals surface area contributed by atoms with Gasteiger partial charge in [0.1, 0.15) is 0 Å². The lowest BCUT2D eigenvalue weighted by atomic mass is 9.93. The summed E-state index contributed by atoms with van der Waals surface area (Å²) in [5, 5.41) is 8.60. The van der Waals surface area contributed by atoms with E-state index < -0.39 is 10.0 Å². The lowest BCUT2D eigenvalue weighted by molar-refractivity contribution is 0.0624. The third kappa shape index (κ3) is 4.28. The molecule has 0 aliphatic heterocycles. The van der Waals surface area contributed by atoms with Gasteiger partial charge in [0.2, 0.25) is 10.0 Å². The molecule has 6 heteroatoms. The third-order valence-electron chi connectivity index (χ3n) is 3.83. The first-order valence-electron chi connectivity index (χ1n) is 6.87. The van der Waals surface area contributed by atoms with Gasteiger partial charge in [0, 0.05) is 19.7 Å². The van der Waals surface area contributed by atoms with Crippen molar-refractivity contribution in [1.82, 2.24) is 5.32 Å². The average Bonchev–Trinajstić information content (AvgIpc) is 2.45. The molecular weight excluding hydrogens is 276 g/mol. The molecule has 1 aromatic carbocycles. The topological polar surface area (TPSA) is 81.4 Å². The molecule has 0 heterocycles. The number of ether oxygens (including phenoxy) is 1. The van der Waals surface area contributed by atoms with Crippen LogP contribution in [0.4, 0.5) is 0 Å². The van der Waals surface area contributed by atoms with Crippen LogP contribution in [0.5, 0.6) is 0 Å². The summed E-state index contributed by atoms with van der Waals surface area (Å²) in [6.07, 6.45) is 4.72. The zero-order valence-electron chi connectivity index (χ0n) is 11.7. The van der Waals surface area contributed by atoms with E-state index in [1.165, 1.54) is 6.07 Å². The van der Waals surface area contributed by atoms with Crippen molar-refractivity contribution in [2.24, 2.45) is 5.14 Å². The first kappa shape index (κ1) is 15.4. The highest BCUT2D eigenvalue weighted by atomic mass is 32.2. The molecule has 1 aliphatic carbocycles. The van der Waals surface area contributed by atoms with E-state index in [0.717, 1.165) is 31.2 Å². The largest absolute Gasteiger partial charge is 0.381 e. The number of rotatable bonds is 5. The minimum absolute atomic E-state index is 0.167. The average molecular weight is 298 g/mol. The smallest absolute Gasteiger partial charge is 0.238 e. The second-order valence-electron chi connectivity index (χ2n) is 5.28. The molecule has 1 aliphatic rings. The van der Waals surface area contributed by atoms with Gasteiger partial charge in [-0.25, -0.2) is 13.6 Å². The molecule has 0 amide bonds. The van der Waals surface area contributed by atoms with Crippen LogP contribution in [0.2, 0.25) is 0 Å². The summed E-state index contributed by atoms with van der Waals surface area (Å²) in [7, 11) is -1.86. The Labute approximate surface area is 120 Å². The Bertz CT molecular complexity index is 537. The van der Waals surface area contributed by atoms with Crippen molar-refractivity contribution in [2.45, 2.75) is 49.3 Å². The normalized spacial score (nSPS) is 23.7. The van der Waals surface area contributed by atoms with Gasteiger partial charge in [0.05, 0.1) is 11.0 Å². The quantitative estimate of drug-likeness (QED) is 0.860. The van der Waals surface area contributed by atoms with E-state index in [-0.39, 0.29) is 4.90 Å². The first-order valence-corrected chi connectivity index (χ1v) is 8.41. The van der Waals surface area contributed by atoms with Gasteiger partial charge in [-0.05, 0) is 43.4 Å². The summed E-state index contributed by atoms with van der Waals surface area (Å²) in [5.41, 5.74) is 0.936. The Hall–Kier alpha value is -0.950. The molecule has 0 aromatic heterocycles. The van der Waals surface area contributed by atoms with Crippen LogP contribution < -0.4 is 10.5 Å². The number of nitrogens with two attached hydrogens (primary N) is 1. The molecule has 0 atom stereocenters. The molecule has 0 spiro atoms. The maximum atomic E-state index is 11.3. The van der Waals surface area contributed by atoms with Crippen LogP contribution in [0.3, 0.4) is 0 Å². The summed E-state index contributed by atoms with van der Waals surface area (Å²) in [6, 6.07) is 7.24. The molecule has 1 fully saturated rings. The Morgan fingerprint density at radius 2 is 2.00 bits per heavy atom.